The molecular weight excluding hydrogens is 340 g/mol. The molecule has 1 saturated heterocycles. The van der Waals surface area contributed by atoms with Crippen LogP contribution in [0.2, 0.25) is 0 Å². The minimum Gasteiger partial charge on any atom is -0.462 e. The number of aromatic nitrogens is 1. The molecule has 1 unspecified atom stereocenters. The number of rotatable bonds is 4. The van der Waals surface area contributed by atoms with Crippen LogP contribution in [0.1, 0.15) is 28.7 Å². The number of aryl methyl sites for hydroxylation is 1. The standard InChI is InChI=1S/C11H13ClN2O5S2/c1-3-19-10(16)9-6(2)13-11(20-9)14-5-7(4-8(14)15)21(12,17)18/h7H,3-5H2,1-2H3. The molecule has 10 heteroatoms. The number of carbonyl (C=O) groups excluding carboxylic acids is 2. The summed E-state index contributed by atoms with van der Waals surface area (Å²) in [5, 5.41) is -0.676. The number of anilines is 1. The summed E-state index contributed by atoms with van der Waals surface area (Å²) in [4.78, 5) is 29.3. The Kier molecular flexibility index (Phi) is 4.54. The molecule has 1 aliphatic rings. The van der Waals surface area contributed by atoms with Crippen LogP contribution in [0.3, 0.4) is 0 Å². The molecule has 0 bridgehead atoms. The van der Waals surface area contributed by atoms with E-state index in [2.05, 4.69) is 4.98 Å². The Hall–Kier alpha value is -1.19. The zero-order valence-electron chi connectivity index (χ0n) is 11.3. The van der Waals surface area contributed by atoms with Crippen molar-refractivity contribution in [1.82, 2.24) is 4.98 Å². The van der Waals surface area contributed by atoms with Crippen molar-refractivity contribution in [3.05, 3.63) is 10.6 Å². The van der Waals surface area contributed by atoms with Crippen molar-refractivity contribution in [2.75, 3.05) is 18.1 Å². The van der Waals surface area contributed by atoms with Gasteiger partial charge in [0.2, 0.25) is 15.0 Å². The van der Waals surface area contributed by atoms with Crippen molar-refractivity contribution < 1.29 is 22.7 Å². The summed E-state index contributed by atoms with van der Waals surface area (Å²) in [6, 6.07) is 0. The van der Waals surface area contributed by atoms with Gasteiger partial charge in [-0.1, -0.05) is 11.3 Å². The van der Waals surface area contributed by atoms with Gasteiger partial charge in [0.1, 0.15) is 10.1 Å². The summed E-state index contributed by atoms with van der Waals surface area (Å²) in [5.74, 6) is -0.889. The van der Waals surface area contributed by atoms with Gasteiger partial charge >= 0.3 is 5.97 Å². The maximum absolute atomic E-state index is 11.9. The predicted molar refractivity (Wildman–Crippen MR) is 78.3 cm³/mol. The second kappa shape index (κ2) is 5.90. The Labute approximate surface area is 130 Å². The lowest BCUT2D eigenvalue weighted by atomic mass is 10.4. The summed E-state index contributed by atoms with van der Waals surface area (Å²) in [7, 11) is 1.48. The maximum Gasteiger partial charge on any atom is 0.350 e. The van der Waals surface area contributed by atoms with E-state index in [0.29, 0.717) is 10.6 Å². The molecule has 116 valence electrons. The van der Waals surface area contributed by atoms with Gasteiger partial charge in [-0.3, -0.25) is 9.69 Å². The molecule has 1 aromatic heterocycles. The number of nitrogens with zero attached hydrogens (tertiary/aromatic N) is 2. The highest BCUT2D eigenvalue weighted by atomic mass is 35.7. The van der Waals surface area contributed by atoms with Crippen molar-refractivity contribution in [1.29, 1.82) is 0 Å². The molecule has 0 radical (unpaired) electrons. The lowest BCUT2D eigenvalue weighted by molar-refractivity contribution is -0.117. The number of amides is 1. The van der Waals surface area contributed by atoms with Crippen molar-refractivity contribution >= 4 is 48.1 Å². The summed E-state index contributed by atoms with van der Waals surface area (Å²) in [6.45, 7) is 3.50. The third-order valence-corrected chi connectivity index (χ3v) is 5.99. The number of thiazole rings is 1. The molecule has 0 N–H and O–H groups in total. The van der Waals surface area contributed by atoms with Gasteiger partial charge in [0, 0.05) is 23.6 Å². The van der Waals surface area contributed by atoms with Crippen LogP contribution < -0.4 is 4.90 Å². The van der Waals surface area contributed by atoms with Crippen molar-refractivity contribution in [2.24, 2.45) is 0 Å². The fourth-order valence-electron chi connectivity index (χ4n) is 1.93. The van der Waals surface area contributed by atoms with Gasteiger partial charge in [0.15, 0.2) is 5.13 Å². The fraction of sp³-hybridized carbons (Fsp3) is 0.545. The zero-order chi connectivity index (χ0) is 15.8. The Morgan fingerprint density at radius 1 is 1.57 bits per heavy atom. The largest absolute Gasteiger partial charge is 0.462 e. The number of esters is 1. The lowest BCUT2D eigenvalue weighted by Gasteiger charge is -2.11. The molecule has 2 rings (SSSR count). The molecule has 1 aromatic rings. The van der Waals surface area contributed by atoms with Gasteiger partial charge < -0.3 is 4.74 Å². The molecule has 7 nitrogen and oxygen atoms in total. The highest BCUT2D eigenvalue weighted by Crippen LogP contribution is 2.32. The minimum absolute atomic E-state index is 0.0557. The Bertz CT molecular complexity index is 685. The molecule has 1 fully saturated rings. The Morgan fingerprint density at radius 3 is 2.76 bits per heavy atom. The van der Waals surface area contributed by atoms with E-state index in [1.165, 1.54) is 4.90 Å². The smallest absolute Gasteiger partial charge is 0.350 e. The topological polar surface area (TPSA) is 93.6 Å². The van der Waals surface area contributed by atoms with Gasteiger partial charge in [-0.25, -0.2) is 18.2 Å². The molecule has 0 saturated carbocycles. The summed E-state index contributed by atoms with van der Waals surface area (Å²) in [5.41, 5.74) is 0.443. The highest BCUT2D eigenvalue weighted by Gasteiger charge is 2.39. The SMILES string of the molecule is CCOC(=O)c1sc(N2CC(S(=O)(=O)Cl)CC2=O)nc1C. The van der Waals surface area contributed by atoms with Crippen molar-refractivity contribution in [3.8, 4) is 0 Å². The van der Waals surface area contributed by atoms with Crippen LogP contribution >= 0.6 is 22.0 Å². The number of halogens is 1. The second-order valence-electron chi connectivity index (χ2n) is 4.44. The minimum atomic E-state index is -3.81. The van der Waals surface area contributed by atoms with Crippen LogP contribution in [0.4, 0.5) is 5.13 Å². The molecule has 1 amide bonds. The summed E-state index contributed by atoms with van der Waals surface area (Å²) < 4.78 is 27.5. The second-order valence-corrected chi connectivity index (χ2v) is 8.32. The van der Waals surface area contributed by atoms with Crippen LogP contribution in [-0.4, -0.2) is 43.7 Å². The molecule has 2 heterocycles. The third kappa shape index (κ3) is 3.35. The van der Waals surface area contributed by atoms with Gasteiger partial charge in [-0.05, 0) is 13.8 Å². The van der Waals surface area contributed by atoms with Gasteiger partial charge in [-0.2, -0.15) is 0 Å². The van der Waals surface area contributed by atoms with Crippen molar-refractivity contribution in [2.45, 2.75) is 25.5 Å². The van der Waals surface area contributed by atoms with E-state index in [0.717, 1.165) is 11.3 Å². The molecule has 21 heavy (non-hydrogen) atoms. The van der Waals surface area contributed by atoms with Crippen molar-refractivity contribution in [3.63, 3.8) is 0 Å². The monoisotopic (exact) mass is 352 g/mol. The molecule has 0 aromatic carbocycles. The van der Waals surface area contributed by atoms with Crippen LogP contribution in [0.5, 0.6) is 0 Å². The molecule has 1 atom stereocenters. The Balaban J connectivity index is 2.26. The quantitative estimate of drug-likeness (QED) is 0.599. The van der Waals surface area contributed by atoms with E-state index in [1.807, 2.05) is 0 Å². The third-order valence-electron chi connectivity index (χ3n) is 2.96. The van der Waals surface area contributed by atoms with Crippen LogP contribution in [0.15, 0.2) is 0 Å². The number of carbonyl (C=O) groups is 2. The lowest BCUT2D eigenvalue weighted by Crippen LogP contribution is -2.26. The first-order chi connectivity index (χ1) is 9.74. The zero-order valence-corrected chi connectivity index (χ0v) is 13.7. The molecule has 1 aliphatic heterocycles. The highest BCUT2D eigenvalue weighted by molar-refractivity contribution is 8.14. The number of ether oxygens (including phenoxy) is 1. The van der Waals surface area contributed by atoms with E-state index in [-0.39, 0.29) is 30.6 Å². The van der Waals surface area contributed by atoms with Crippen LogP contribution in [0, 0.1) is 6.92 Å². The van der Waals surface area contributed by atoms with Crippen LogP contribution in [0.25, 0.3) is 0 Å². The molecular formula is C11H13ClN2O5S2. The van der Waals surface area contributed by atoms with E-state index in [4.69, 9.17) is 15.4 Å². The first-order valence-corrected chi connectivity index (χ1v) is 9.31. The first kappa shape index (κ1) is 16.2. The summed E-state index contributed by atoms with van der Waals surface area (Å²) >= 11 is 1.00. The molecule has 0 spiro atoms. The van der Waals surface area contributed by atoms with Crippen LogP contribution in [-0.2, 0) is 18.6 Å². The fourth-order valence-corrected chi connectivity index (χ4v) is 3.95. The van der Waals surface area contributed by atoms with E-state index in [9.17, 15) is 18.0 Å². The maximum atomic E-state index is 11.9. The van der Waals surface area contributed by atoms with Gasteiger partial charge in [-0.15, -0.1) is 0 Å². The van der Waals surface area contributed by atoms with Gasteiger partial charge in [0.05, 0.1) is 12.3 Å². The Morgan fingerprint density at radius 2 is 2.24 bits per heavy atom. The first-order valence-electron chi connectivity index (χ1n) is 6.12. The van der Waals surface area contributed by atoms with E-state index < -0.39 is 20.3 Å². The average Bonchev–Trinajstić information content (AvgIpc) is 2.92. The van der Waals surface area contributed by atoms with E-state index in [1.54, 1.807) is 13.8 Å². The molecule has 0 aliphatic carbocycles. The van der Waals surface area contributed by atoms with Gasteiger partial charge in [0.25, 0.3) is 0 Å². The number of hydrogen-bond acceptors (Lipinski definition) is 7. The summed E-state index contributed by atoms with van der Waals surface area (Å²) in [6.07, 6.45) is -0.181. The normalized spacial score (nSPS) is 19.1. The average molecular weight is 353 g/mol. The predicted octanol–water partition coefficient (Wildman–Crippen LogP) is 1.30. The number of hydrogen-bond donors (Lipinski definition) is 0. The van der Waals surface area contributed by atoms with E-state index >= 15 is 0 Å².